The van der Waals surface area contributed by atoms with Crippen LogP contribution in [0.25, 0.3) is 0 Å². The molecule has 1 amide bonds. The van der Waals surface area contributed by atoms with Gasteiger partial charge in [0.25, 0.3) is 5.91 Å². The number of nitrogens with one attached hydrogen (secondary N) is 1. The van der Waals surface area contributed by atoms with Gasteiger partial charge in [0.15, 0.2) is 0 Å². The van der Waals surface area contributed by atoms with E-state index in [0.29, 0.717) is 11.5 Å². The van der Waals surface area contributed by atoms with Crippen molar-refractivity contribution in [3.8, 4) is 0 Å². The van der Waals surface area contributed by atoms with Crippen LogP contribution in [0.2, 0.25) is 0 Å². The molecule has 0 saturated carbocycles. The number of aromatic nitrogens is 2. The van der Waals surface area contributed by atoms with Gasteiger partial charge in [-0.25, -0.2) is 0 Å². The highest BCUT2D eigenvalue weighted by molar-refractivity contribution is 5.95. The summed E-state index contributed by atoms with van der Waals surface area (Å²) in [4.78, 5) is 12.4. The Bertz CT molecular complexity index is 438. The summed E-state index contributed by atoms with van der Waals surface area (Å²) in [6, 6.07) is -0.201. The molecule has 1 aromatic heterocycles. The zero-order valence-electron chi connectivity index (χ0n) is 13.2. The summed E-state index contributed by atoms with van der Waals surface area (Å²) in [5.74, 6) is 0.477. The largest absolute Gasteiger partial charge is 0.394 e. The summed E-state index contributed by atoms with van der Waals surface area (Å²) in [5, 5.41) is 16.7. The summed E-state index contributed by atoms with van der Waals surface area (Å²) in [7, 11) is 0. The predicted octanol–water partition coefficient (Wildman–Crippen LogP) is 2.16. The molecule has 2 N–H and O–H groups in total. The van der Waals surface area contributed by atoms with Gasteiger partial charge in [-0.15, -0.1) is 0 Å². The van der Waals surface area contributed by atoms with Crippen molar-refractivity contribution < 1.29 is 9.90 Å². The molecule has 0 saturated heterocycles. The Hall–Kier alpha value is -1.36. The van der Waals surface area contributed by atoms with Crippen LogP contribution in [0.4, 0.5) is 0 Å². The summed E-state index contributed by atoms with van der Waals surface area (Å²) in [6.07, 6.45) is 2.55. The average molecular weight is 281 g/mol. The SMILES string of the molecule is CCn1cc(C(=O)NC(CO)CC(C)C)c(C(C)C)n1. The van der Waals surface area contributed by atoms with E-state index >= 15 is 0 Å². The summed E-state index contributed by atoms with van der Waals surface area (Å²) in [6.45, 7) is 10.9. The first-order valence-electron chi connectivity index (χ1n) is 7.38. The fraction of sp³-hybridized carbons (Fsp3) is 0.733. The van der Waals surface area contributed by atoms with E-state index in [-0.39, 0.29) is 24.5 Å². The zero-order chi connectivity index (χ0) is 15.3. The highest BCUT2D eigenvalue weighted by atomic mass is 16.3. The van der Waals surface area contributed by atoms with Gasteiger partial charge in [-0.3, -0.25) is 9.48 Å². The van der Waals surface area contributed by atoms with Crippen molar-refractivity contribution in [1.82, 2.24) is 15.1 Å². The minimum absolute atomic E-state index is 0.0388. The number of aliphatic hydroxyl groups is 1. The van der Waals surface area contributed by atoms with Crippen LogP contribution in [0.3, 0.4) is 0 Å². The second kappa shape index (κ2) is 7.43. The Labute approximate surface area is 121 Å². The number of amides is 1. The lowest BCUT2D eigenvalue weighted by molar-refractivity contribution is 0.0907. The van der Waals surface area contributed by atoms with E-state index in [1.165, 1.54) is 0 Å². The van der Waals surface area contributed by atoms with Gasteiger partial charge in [0.2, 0.25) is 0 Å². The van der Waals surface area contributed by atoms with Crippen LogP contribution in [0.5, 0.6) is 0 Å². The zero-order valence-corrected chi connectivity index (χ0v) is 13.2. The molecule has 5 nitrogen and oxygen atoms in total. The summed E-state index contributed by atoms with van der Waals surface area (Å²) in [5.41, 5.74) is 1.43. The molecule has 0 aliphatic carbocycles. The minimum atomic E-state index is -0.201. The minimum Gasteiger partial charge on any atom is -0.394 e. The molecule has 0 aliphatic rings. The highest BCUT2D eigenvalue weighted by Gasteiger charge is 2.21. The monoisotopic (exact) mass is 281 g/mol. The van der Waals surface area contributed by atoms with Gasteiger partial charge in [0.05, 0.1) is 23.9 Å². The van der Waals surface area contributed by atoms with Crippen LogP contribution in [0.1, 0.15) is 63.0 Å². The Morgan fingerprint density at radius 3 is 2.50 bits per heavy atom. The van der Waals surface area contributed by atoms with Gasteiger partial charge >= 0.3 is 0 Å². The molecule has 1 unspecified atom stereocenters. The lowest BCUT2D eigenvalue weighted by Crippen LogP contribution is -2.38. The van der Waals surface area contributed by atoms with E-state index < -0.39 is 0 Å². The fourth-order valence-corrected chi connectivity index (χ4v) is 2.21. The number of hydrogen-bond donors (Lipinski definition) is 2. The Morgan fingerprint density at radius 1 is 1.40 bits per heavy atom. The maximum Gasteiger partial charge on any atom is 0.255 e. The number of carbonyl (C=O) groups is 1. The van der Waals surface area contributed by atoms with Crippen LogP contribution in [0, 0.1) is 5.92 Å². The van der Waals surface area contributed by atoms with Gasteiger partial charge < -0.3 is 10.4 Å². The third-order valence-electron chi connectivity index (χ3n) is 3.22. The number of hydrogen-bond acceptors (Lipinski definition) is 3. The molecular weight excluding hydrogens is 254 g/mol. The summed E-state index contributed by atoms with van der Waals surface area (Å²) < 4.78 is 1.78. The molecule has 1 heterocycles. The molecule has 1 rings (SSSR count). The number of rotatable bonds is 7. The van der Waals surface area contributed by atoms with Crippen molar-refractivity contribution in [1.29, 1.82) is 0 Å². The van der Waals surface area contributed by atoms with E-state index in [0.717, 1.165) is 18.7 Å². The predicted molar refractivity (Wildman–Crippen MR) is 79.8 cm³/mol. The smallest absolute Gasteiger partial charge is 0.255 e. The number of aliphatic hydroxyl groups excluding tert-OH is 1. The Balaban J connectivity index is 2.88. The number of nitrogens with zero attached hydrogens (tertiary/aromatic N) is 2. The highest BCUT2D eigenvalue weighted by Crippen LogP contribution is 2.18. The molecular formula is C15H27N3O2. The third-order valence-corrected chi connectivity index (χ3v) is 3.22. The van der Waals surface area contributed by atoms with E-state index in [9.17, 15) is 9.90 Å². The first kappa shape index (κ1) is 16.7. The lowest BCUT2D eigenvalue weighted by Gasteiger charge is -2.18. The molecule has 0 radical (unpaired) electrons. The van der Waals surface area contributed by atoms with Crippen molar-refractivity contribution >= 4 is 5.91 Å². The maximum absolute atomic E-state index is 12.4. The molecule has 5 heteroatoms. The second-order valence-corrected chi connectivity index (χ2v) is 5.92. The fourth-order valence-electron chi connectivity index (χ4n) is 2.21. The molecule has 1 atom stereocenters. The topological polar surface area (TPSA) is 67.2 Å². The molecule has 0 spiro atoms. The van der Waals surface area contributed by atoms with E-state index in [4.69, 9.17) is 0 Å². The van der Waals surface area contributed by atoms with E-state index in [1.54, 1.807) is 10.9 Å². The van der Waals surface area contributed by atoms with Crippen LogP contribution in [0.15, 0.2) is 6.20 Å². The van der Waals surface area contributed by atoms with Gasteiger partial charge in [0.1, 0.15) is 0 Å². The molecule has 0 bridgehead atoms. The van der Waals surface area contributed by atoms with Crippen LogP contribution < -0.4 is 5.32 Å². The average Bonchev–Trinajstić information content (AvgIpc) is 2.81. The van der Waals surface area contributed by atoms with Gasteiger partial charge in [-0.2, -0.15) is 5.10 Å². The van der Waals surface area contributed by atoms with Crippen molar-refractivity contribution in [2.45, 2.75) is 59.5 Å². The van der Waals surface area contributed by atoms with Crippen LogP contribution >= 0.6 is 0 Å². The van der Waals surface area contributed by atoms with Crippen LogP contribution in [-0.4, -0.2) is 33.4 Å². The molecule has 1 aromatic rings. The van der Waals surface area contributed by atoms with Crippen molar-refractivity contribution in [2.75, 3.05) is 6.61 Å². The third kappa shape index (κ3) is 4.34. The van der Waals surface area contributed by atoms with Crippen molar-refractivity contribution in [3.63, 3.8) is 0 Å². The molecule has 114 valence electrons. The van der Waals surface area contributed by atoms with Crippen molar-refractivity contribution in [3.05, 3.63) is 17.5 Å². The normalized spacial score (nSPS) is 13.0. The number of carbonyl (C=O) groups excluding carboxylic acids is 1. The molecule has 0 fully saturated rings. The van der Waals surface area contributed by atoms with E-state index in [1.807, 2.05) is 20.8 Å². The lowest BCUT2D eigenvalue weighted by atomic mass is 10.0. The Kier molecular flexibility index (Phi) is 6.20. The molecule has 0 aromatic carbocycles. The second-order valence-electron chi connectivity index (χ2n) is 5.92. The first-order chi connectivity index (χ1) is 9.38. The maximum atomic E-state index is 12.4. The first-order valence-corrected chi connectivity index (χ1v) is 7.38. The molecule has 20 heavy (non-hydrogen) atoms. The van der Waals surface area contributed by atoms with Gasteiger partial charge in [-0.1, -0.05) is 27.7 Å². The standard InChI is InChI=1S/C15H27N3O2/c1-6-18-8-13(14(17-18)11(4)5)15(20)16-12(9-19)7-10(2)3/h8,10-12,19H,6-7,9H2,1-5H3,(H,16,20). The van der Waals surface area contributed by atoms with Crippen molar-refractivity contribution in [2.24, 2.45) is 5.92 Å². The van der Waals surface area contributed by atoms with Gasteiger partial charge in [0, 0.05) is 12.7 Å². The van der Waals surface area contributed by atoms with E-state index in [2.05, 4.69) is 24.3 Å². The summed E-state index contributed by atoms with van der Waals surface area (Å²) >= 11 is 0. The Morgan fingerprint density at radius 2 is 2.05 bits per heavy atom. The quantitative estimate of drug-likeness (QED) is 0.805. The number of aryl methyl sites for hydroxylation is 1. The molecule has 0 aliphatic heterocycles. The van der Waals surface area contributed by atoms with Crippen LogP contribution in [-0.2, 0) is 6.54 Å². The van der Waals surface area contributed by atoms with Gasteiger partial charge in [-0.05, 0) is 25.2 Å².